The van der Waals surface area contributed by atoms with Crippen molar-refractivity contribution in [3.63, 3.8) is 0 Å². The van der Waals surface area contributed by atoms with Gasteiger partial charge in [-0.15, -0.1) is 0 Å². The normalized spacial score (nSPS) is 16.9. The smallest absolute Gasteiger partial charge is 0.351 e. The molecule has 0 radical (unpaired) electrons. The first-order valence-corrected chi connectivity index (χ1v) is 11.0. The van der Waals surface area contributed by atoms with Gasteiger partial charge in [-0.05, 0) is 24.4 Å². The highest BCUT2D eigenvalue weighted by molar-refractivity contribution is 7.88. The van der Waals surface area contributed by atoms with Gasteiger partial charge in [0.05, 0.1) is 6.26 Å². The Bertz CT molecular complexity index is 1020. The van der Waals surface area contributed by atoms with Crippen LogP contribution in [0.5, 0.6) is 0 Å². The highest BCUT2D eigenvalue weighted by Gasteiger charge is 2.37. The summed E-state index contributed by atoms with van der Waals surface area (Å²) in [4.78, 5) is 11.6. The molecule has 14 heteroatoms. The molecule has 1 N–H and O–H groups in total. The van der Waals surface area contributed by atoms with Crippen LogP contribution in [0.3, 0.4) is 0 Å². The fourth-order valence-corrected chi connectivity index (χ4v) is 4.26. The molecule has 0 atom stereocenters. The molecule has 0 aromatic carbocycles. The van der Waals surface area contributed by atoms with Crippen molar-refractivity contribution >= 4 is 39.2 Å². The molecule has 8 nitrogen and oxygen atoms in total. The Morgan fingerprint density at radius 1 is 1.17 bits per heavy atom. The van der Waals surface area contributed by atoms with Gasteiger partial charge in [-0.3, -0.25) is 0 Å². The molecule has 1 aliphatic rings. The molecule has 0 spiro atoms. The van der Waals surface area contributed by atoms with E-state index >= 15 is 0 Å². The van der Waals surface area contributed by atoms with E-state index in [-0.39, 0.29) is 28.1 Å². The van der Waals surface area contributed by atoms with Crippen LogP contribution >= 0.6 is 23.2 Å². The van der Waals surface area contributed by atoms with Crippen molar-refractivity contribution in [1.82, 2.24) is 23.8 Å². The van der Waals surface area contributed by atoms with Gasteiger partial charge in [0, 0.05) is 32.4 Å². The van der Waals surface area contributed by atoms with Crippen LogP contribution in [0.4, 0.5) is 19.1 Å². The number of alkyl halides is 3. The van der Waals surface area contributed by atoms with Crippen molar-refractivity contribution in [2.45, 2.75) is 25.1 Å². The molecule has 1 fully saturated rings. The number of anilines is 1. The molecule has 3 heterocycles. The summed E-state index contributed by atoms with van der Waals surface area (Å²) in [7, 11) is -1.82. The lowest BCUT2D eigenvalue weighted by Gasteiger charge is -2.30. The quantitative estimate of drug-likeness (QED) is 0.734. The van der Waals surface area contributed by atoms with Gasteiger partial charge in [0.2, 0.25) is 21.3 Å². The Morgan fingerprint density at radius 2 is 1.79 bits per heavy atom. The van der Waals surface area contributed by atoms with E-state index in [1.165, 1.54) is 15.9 Å². The maximum atomic E-state index is 13.4. The molecule has 160 valence electrons. The Kier molecular flexibility index (Phi) is 6.01. The van der Waals surface area contributed by atoms with Crippen molar-refractivity contribution in [1.29, 1.82) is 0 Å². The fourth-order valence-electron chi connectivity index (χ4n) is 2.96. The third-order valence-corrected chi connectivity index (χ3v) is 6.62. The predicted molar refractivity (Wildman–Crippen MR) is 102 cm³/mol. The van der Waals surface area contributed by atoms with E-state index in [4.69, 9.17) is 23.2 Å². The van der Waals surface area contributed by atoms with Crippen molar-refractivity contribution in [3.8, 4) is 11.4 Å². The third-order valence-electron chi connectivity index (χ3n) is 4.55. The second kappa shape index (κ2) is 7.89. The minimum Gasteiger partial charge on any atom is -0.351 e. The molecule has 3 rings (SSSR count). The highest BCUT2D eigenvalue weighted by Crippen LogP contribution is 2.38. The van der Waals surface area contributed by atoms with Crippen LogP contribution in [-0.4, -0.2) is 57.6 Å². The van der Waals surface area contributed by atoms with E-state index in [1.807, 2.05) is 0 Å². The first-order chi connectivity index (χ1) is 13.4. The molecule has 0 saturated carbocycles. The summed E-state index contributed by atoms with van der Waals surface area (Å²) in [6.07, 6.45) is -2.00. The summed E-state index contributed by atoms with van der Waals surface area (Å²) in [5, 5.41) is 2.79. The molecule has 1 saturated heterocycles. The van der Waals surface area contributed by atoms with Gasteiger partial charge in [-0.2, -0.15) is 13.2 Å². The minimum absolute atomic E-state index is 0.0383. The Hall–Kier alpha value is -1.63. The number of rotatable bonds is 4. The number of halogens is 5. The second-order valence-corrected chi connectivity index (χ2v) is 9.29. The molecule has 0 amide bonds. The Labute approximate surface area is 175 Å². The number of aromatic nitrogens is 4. The zero-order chi connectivity index (χ0) is 21.6. The van der Waals surface area contributed by atoms with Crippen LogP contribution in [0.25, 0.3) is 11.4 Å². The second-order valence-electron chi connectivity index (χ2n) is 6.61. The lowest BCUT2D eigenvalue weighted by atomic mass is 10.1. The standard InChI is InChI=1S/C15H17Cl2F3N6O2S/c1-25-12(16)11(23-13(25)17)10-9(15(18,19)20)7-21-14(24-10)22-8-3-5-26(6-4-8)29(2,27)28/h7-8H,3-6H2,1-2H3,(H,21,22,24). The molecule has 0 aliphatic carbocycles. The van der Waals surface area contributed by atoms with Gasteiger partial charge in [-0.25, -0.2) is 27.7 Å². The SMILES string of the molecule is Cn1c(Cl)nc(-c2nc(NC3CCN(S(C)(=O)=O)CC3)ncc2C(F)(F)F)c1Cl. The number of hydrogen-bond donors (Lipinski definition) is 1. The van der Waals surface area contributed by atoms with Gasteiger partial charge in [-0.1, -0.05) is 11.6 Å². The van der Waals surface area contributed by atoms with Crippen LogP contribution in [0.1, 0.15) is 18.4 Å². The monoisotopic (exact) mass is 472 g/mol. The Morgan fingerprint density at radius 3 is 2.28 bits per heavy atom. The summed E-state index contributed by atoms with van der Waals surface area (Å²) in [5.41, 5.74) is -1.79. The van der Waals surface area contributed by atoms with Crippen LogP contribution in [0, 0.1) is 0 Å². The zero-order valence-corrected chi connectivity index (χ0v) is 17.7. The molecule has 2 aromatic heterocycles. The number of sulfonamides is 1. The number of piperidine rings is 1. The molecular weight excluding hydrogens is 456 g/mol. The van der Waals surface area contributed by atoms with Gasteiger partial charge in [0.15, 0.2) is 0 Å². The molecule has 2 aromatic rings. The summed E-state index contributed by atoms with van der Waals surface area (Å²) in [6, 6.07) is -0.194. The van der Waals surface area contributed by atoms with E-state index in [9.17, 15) is 21.6 Å². The zero-order valence-electron chi connectivity index (χ0n) is 15.3. The highest BCUT2D eigenvalue weighted by atomic mass is 35.5. The lowest BCUT2D eigenvalue weighted by molar-refractivity contribution is -0.137. The maximum Gasteiger partial charge on any atom is 0.420 e. The van der Waals surface area contributed by atoms with Crippen molar-refractivity contribution < 1.29 is 21.6 Å². The summed E-state index contributed by atoms with van der Waals surface area (Å²) >= 11 is 11.9. The Balaban J connectivity index is 1.89. The van der Waals surface area contributed by atoms with Gasteiger partial charge >= 0.3 is 6.18 Å². The molecule has 0 unspecified atom stereocenters. The van der Waals surface area contributed by atoms with Crippen LogP contribution in [0.15, 0.2) is 6.20 Å². The molecular formula is C15H17Cl2F3N6O2S. The van der Waals surface area contributed by atoms with Crippen LogP contribution in [0.2, 0.25) is 10.4 Å². The van der Waals surface area contributed by atoms with Gasteiger partial charge in [0.1, 0.15) is 22.1 Å². The molecule has 1 aliphatic heterocycles. The maximum absolute atomic E-state index is 13.4. The van der Waals surface area contributed by atoms with Crippen LogP contribution in [-0.2, 0) is 23.2 Å². The summed E-state index contributed by atoms with van der Waals surface area (Å²) < 4.78 is 66.1. The molecule has 0 bridgehead atoms. The van der Waals surface area contributed by atoms with E-state index in [2.05, 4.69) is 20.3 Å². The number of nitrogens with one attached hydrogen (secondary N) is 1. The van der Waals surface area contributed by atoms with E-state index in [0.717, 1.165) is 6.26 Å². The molecule has 29 heavy (non-hydrogen) atoms. The van der Waals surface area contributed by atoms with E-state index in [1.54, 1.807) is 0 Å². The number of nitrogens with zero attached hydrogens (tertiary/aromatic N) is 5. The minimum atomic E-state index is -4.72. The van der Waals surface area contributed by atoms with Crippen molar-refractivity contribution in [3.05, 3.63) is 22.2 Å². The summed E-state index contributed by atoms with van der Waals surface area (Å²) in [6.45, 7) is 0.595. The fraction of sp³-hybridized carbons (Fsp3) is 0.533. The lowest BCUT2D eigenvalue weighted by Crippen LogP contribution is -2.42. The summed E-state index contributed by atoms with van der Waals surface area (Å²) in [5.74, 6) is -0.0383. The number of imidazole rings is 1. The van der Waals surface area contributed by atoms with Gasteiger partial charge in [0.25, 0.3) is 0 Å². The van der Waals surface area contributed by atoms with Crippen LogP contribution < -0.4 is 5.32 Å². The third kappa shape index (κ3) is 4.76. The first kappa shape index (κ1) is 22.1. The average molecular weight is 473 g/mol. The van der Waals surface area contributed by atoms with Crippen molar-refractivity contribution in [2.75, 3.05) is 24.7 Å². The van der Waals surface area contributed by atoms with E-state index in [0.29, 0.717) is 32.1 Å². The number of hydrogen-bond acceptors (Lipinski definition) is 6. The topological polar surface area (TPSA) is 93.0 Å². The average Bonchev–Trinajstić information content (AvgIpc) is 2.88. The predicted octanol–water partition coefficient (Wildman–Crippen LogP) is 3.04. The largest absolute Gasteiger partial charge is 0.420 e. The van der Waals surface area contributed by atoms with Crippen molar-refractivity contribution in [2.24, 2.45) is 7.05 Å². The first-order valence-electron chi connectivity index (χ1n) is 8.42. The van der Waals surface area contributed by atoms with E-state index < -0.39 is 27.5 Å². The van der Waals surface area contributed by atoms with Gasteiger partial charge < -0.3 is 9.88 Å².